The number of carboxylic acid groups (broad SMARTS) is 1. The predicted octanol–water partition coefficient (Wildman–Crippen LogP) is 0.826. The van der Waals surface area contributed by atoms with E-state index in [9.17, 15) is 14.7 Å². The van der Waals surface area contributed by atoms with Gasteiger partial charge < -0.3 is 20.3 Å². The van der Waals surface area contributed by atoms with Crippen molar-refractivity contribution in [1.29, 1.82) is 0 Å². The molecule has 0 bridgehead atoms. The molecule has 3 rings (SSSR count). The molecule has 8 heteroatoms. The molecule has 1 saturated heterocycles. The summed E-state index contributed by atoms with van der Waals surface area (Å²) >= 11 is 1.82. The second kappa shape index (κ2) is 5.97. The van der Waals surface area contributed by atoms with Gasteiger partial charge in [0.15, 0.2) is 0 Å². The van der Waals surface area contributed by atoms with Crippen molar-refractivity contribution in [2.45, 2.75) is 37.9 Å². The largest absolute Gasteiger partial charge is 0.480 e. The fourth-order valence-electron chi connectivity index (χ4n) is 2.78. The van der Waals surface area contributed by atoms with Crippen LogP contribution in [0.5, 0.6) is 0 Å². The number of nitrogens with one attached hydrogen (secondary N) is 2. The number of nitrogens with zero attached hydrogens (tertiary/aromatic N) is 2. The van der Waals surface area contributed by atoms with Crippen molar-refractivity contribution < 1.29 is 14.7 Å². The Kier molecular flexibility index (Phi) is 4.05. The van der Waals surface area contributed by atoms with Crippen LogP contribution in [0.25, 0.3) is 0 Å². The van der Waals surface area contributed by atoms with Crippen molar-refractivity contribution in [3.8, 4) is 0 Å². The number of thioether (sulfide) groups is 1. The van der Waals surface area contributed by atoms with Crippen molar-refractivity contribution in [3.63, 3.8) is 0 Å². The van der Waals surface area contributed by atoms with Crippen LogP contribution >= 0.6 is 11.8 Å². The average Bonchev–Trinajstić information content (AvgIpc) is 2.94. The van der Waals surface area contributed by atoms with E-state index in [0.29, 0.717) is 0 Å². The summed E-state index contributed by atoms with van der Waals surface area (Å²) in [5, 5.41) is 12.3. The summed E-state index contributed by atoms with van der Waals surface area (Å²) in [7, 11) is 0. The lowest BCUT2D eigenvalue weighted by molar-refractivity contribution is -0.142. The zero-order valence-electron chi connectivity index (χ0n) is 11.5. The standard InChI is InChI=1S/C13H18N4O3S/c18-12(19)11-4-9-10(15-7-14-9)5-17(11)13(20)16-8-2-1-3-21-6-8/h7-8,11H,1-6H2,(H,14,15)(H,16,20)(H,18,19). The van der Waals surface area contributed by atoms with Crippen LogP contribution in [0.2, 0.25) is 0 Å². The molecule has 2 aliphatic rings. The second-order valence-electron chi connectivity index (χ2n) is 5.38. The van der Waals surface area contributed by atoms with Gasteiger partial charge in [-0.2, -0.15) is 11.8 Å². The fourth-order valence-corrected chi connectivity index (χ4v) is 3.85. The minimum absolute atomic E-state index is 0.133. The van der Waals surface area contributed by atoms with E-state index in [0.717, 1.165) is 35.7 Å². The number of carbonyl (C=O) groups excluding carboxylic acids is 1. The van der Waals surface area contributed by atoms with Gasteiger partial charge in [-0.05, 0) is 18.6 Å². The van der Waals surface area contributed by atoms with Crippen molar-refractivity contribution in [2.75, 3.05) is 11.5 Å². The summed E-state index contributed by atoms with van der Waals surface area (Å²) in [4.78, 5) is 32.3. The number of carboxylic acids is 1. The Morgan fingerprint density at radius 2 is 2.38 bits per heavy atom. The van der Waals surface area contributed by atoms with Gasteiger partial charge in [0.25, 0.3) is 0 Å². The number of aliphatic carboxylic acids is 1. The lowest BCUT2D eigenvalue weighted by atomic mass is 10.0. The molecule has 2 atom stereocenters. The Labute approximate surface area is 126 Å². The first-order chi connectivity index (χ1) is 10.1. The molecule has 0 aliphatic carbocycles. The number of hydrogen-bond donors (Lipinski definition) is 3. The van der Waals surface area contributed by atoms with Crippen LogP contribution in [-0.4, -0.2) is 55.6 Å². The van der Waals surface area contributed by atoms with Gasteiger partial charge >= 0.3 is 12.0 Å². The molecule has 0 radical (unpaired) electrons. The molecule has 3 N–H and O–H groups in total. The lowest BCUT2D eigenvalue weighted by Gasteiger charge is -2.34. The molecular formula is C13H18N4O3S. The van der Waals surface area contributed by atoms with E-state index in [1.54, 1.807) is 6.33 Å². The number of aromatic nitrogens is 2. The van der Waals surface area contributed by atoms with Crippen LogP contribution in [0.1, 0.15) is 24.2 Å². The van der Waals surface area contributed by atoms with Crippen LogP contribution in [0.3, 0.4) is 0 Å². The molecule has 0 saturated carbocycles. The first-order valence-electron chi connectivity index (χ1n) is 7.04. The van der Waals surface area contributed by atoms with Gasteiger partial charge in [0.1, 0.15) is 6.04 Å². The number of aromatic amines is 1. The lowest BCUT2D eigenvalue weighted by Crippen LogP contribution is -2.54. The Bertz CT molecular complexity index is 541. The smallest absolute Gasteiger partial charge is 0.326 e. The van der Waals surface area contributed by atoms with Crippen molar-refractivity contribution in [1.82, 2.24) is 20.2 Å². The first-order valence-corrected chi connectivity index (χ1v) is 8.19. The maximum absolute atomic E-state index is 12.4. The van der Waals surface area contributed by atoms with Crippen LogP contribution in [-0.2, 0) is 17.8 Å². The van der Waals surface area contributed by atoms with Gasteiger partial charge in [0.2, 0.25) is 0 Å². The zero-order chi connectivity index (χ0) is 14.8. The van der Waals surface area contributed by atoms with Gasteiger partial charge in [-0.3, -0.25) is 0 Å². The molecule has 114 valence electrons. The average molecular weight is 310 g/mol. The van der Waals surface area contributed by atoms with E-state index in [4.69, 9.17) is 0 Å². The van der Waals surface area contributed by atoms with E-state index in [1.807, 2.05) is 11.8 Å². The molecule has 2 aliphatic heterocycles. The highest BCUT2D eigenvalue weighted by Crippen LogP contribution is 2.22. The zero-order valence-corrected chi connectivity index (χ0v) is 12.4. The maximum atomic E-state index is 12.4. The summed E-state index contributed by atoms with van der Waals surface area (Å²) < 4.78 is 0. The van der Waals surface area contributed by atoms with E-state index in [2.05, 4.69) is 15.3 Å². The molecule has 2 amide bonds. The maximum Gasteiger partial charge on any atom is 0.326 e. The highest BCUT2D eigenvalue weighted by molar-refractivity contribution is 7.99. The quantitative estimate of drug-likeness (QED) is 0.751. The Hall–Kier alpha value is -1.70. The number of amides is 2. The topological polar surface area (TPSA) is 98.3 Å². The number of hydrogen-bond acceptors (Lipinski definition) is 4. The van der Waals surface area contributed by atoms with Crippen LogP contribution in [0, 0.1) is 0 Å². The highest BCUT2D eigenvalue weighted by Gasteiger charge is 2.36. The van der Waals surface area contributed by atoms with E-state index < -0.39 is 12.0 Å². The molecule has 3 heterocycles. The monoisotopic (exact) mass is 310 g/mol. The molecule has 7 nitrogen and oxygen atoms in total. The summed E-state index contributed by atoms with van der Waals surface area (Å²) in [6.07, 6.45) is 3.84. The van der Waals surface area contributed by atoms with Crippen LogP contribution in [0.15, 0.2) is 6.33 Å². The van der Waals surface area contributed by atoms with Gasteiger partial charge in [-0.1, -0.05) is 0 Å². The predicted molar refractivity (Wildman–Crippen MR) is 78.1 cm³/mol. The van der Waals surface area contributed by atoms with E-state index >= 15 is 0 Å². The number of carbonyl (C=O) groups is 2. The number of rotatable bonds is 2. The molecule has 0 spiro atoms. The Balaban J connectivity index is 1.72. The third kappa shape index (κ3) is 2.99. The first kappa shape index (κ1) is 14.2. The minimum Gasteiger partial charge on any atom is -0.480 e. The van der Waals surface area contributed by atoms with Crippen LogP contribution < -0.4 is 5.32 Å². The van der Waals surface area contributed by atoms with Crippen molar-refractivity contribution in [3.05, 3.63) is 17.7 Å². The molecule has 1 fully saturated rings. The molecule has 0 aromatic carbocycles. The third-order valence-corrected chi connectivity index (χ3v) is 5.15. The number of urea groups is 1. The second-order valence-corrected chi connectivity index (χ2v) is 6.53. The van der Waals surface area contributed by atoms with E-state index in [-0.39, 0.29) is 25.0 Å². The van der Waals surface area contributed by atoms with Crippen LogP contribution in [0.4, 0.5) is 4.79 Å². The highest BCUT2D eigenvalue weighted by atomic mass is 32.2. The summed E-state index contributed by atoms with van der Waals surface area (Å²) in [5.74, 6) is 1.04. The fraction of sp³-hybridized carbons (Fsp3) is 0.615. The molecule has 1 aromatic heterocycles. The number of H-pyrrole nitrogens is 1. The SMILES string of the molecule is O=C(O)C1Cc2nc[nH]c2CN1C(=O)NC1CCCSC1. The van der Waals surface area contributed by atoms with Gasteiger partial charge in [-0.25, -0.2) is 14.6 Å². The number of imidazole rings is 1. The molecule has 21 heavy (non-hydrogen) atoms. The Morgan fingerprint density at radius 1 is 1.52 bits per heavy atom. The summed E-state index contributed by atoms with van der Waals surface area (Å²) in [6, 6.07) is -1.01. The van der Waals surface area contributed by atoms with E-state index in [1.165, 1.54) is 4.90 Å². The normalized spacial score (nSPS) is 25.2. The summed E-state index contributed by atoms with van der Waals surface area (Å²) in [5.41, 5.74) is 1.56. The van der Waals surface area contributed by atoms with Crippen molar-refractivity contribution in [2.24, 2.45) is 0 Å². The molecular weight excluding hydrogens is 292 g/mol. The van der Waals surface area contributed by atoms with Gasteiger partial charge in [0, 0.05) is 18.2 Å². The van der Waals surface area contributed by atoms with Gasteiger partial charge in [-0.15, -0.1) is 0 Å². The number of fused-ring (bicyclic) bond motifs is 1. The Morgan fingerprint density at radius 3 is 3.10 bits per heavy atom. The van der Waals surface area contributed by atoms with Gasteiger partial charge in [0.05, 0.1) is 24.3 Å². The third-order valence-electron chi connectivity index (χ3n) is 3.93. The summed E-state index contributed by atoms with van der Waals surface area (Å²) in [6.45, 7) is 0.262. The van der Waals surface area contributed by atoms with Crippen molar-refractivity contribution >= 4 is 23.8 Å². The molecule has 1 aromatic rings. The minimum atomic E-state index is -0.989. The molecule has 2 unspecified atom stereocenters.